The minimum absolute atomic E-state index is 0.0612. The molecule has 0 aromatic heterocycles. The highest BCUT2D eigenvalue weighted by Crippen LogP contribution is 2.47. The van der Waals surface area contributed by atoms with Crippen molar-refractivity contribution in [3.63, 3.8) is 0 Å². The van der Waals surface area contributed by atoms with Crippen molar-refractivity contribution in [2.75, 3.05) is 0 Å². The van der Waals surface area contributed by atoms with Gasteiger partial charge in [0.25, 0.3) is 0 Å². The van der Waals surface area contributed by atoms with E-state index < -0.39 is 11.2 Å². The molecule has 2 aromatic carbocycles. The summed E-state index contributed by atoms with van der Waals surface area (Å²) in [5.74, 6) is 0.261. The van der Waals surface area contributed by atoms with E-state index in [2.05, 4.69) is 0 Å². The van der Waals surface area contributed by atoms with Crippen LogP contribution in [-0.4, -0.2) is 21.6 Å². The number of benzene rings is 2. The van der Waals surface area contributed by atoms with Gasteiger partial charge in [0.2, 0.25) is 0 Å². The van der Waals surface area contributed by atoms with Crippen LogP contribution in [-0.2, 0) is 5.60 Å². The van der Waals surface area contributed by atoms with Crippen LogP contribution in [0.15, 0.2) is 18.2 Å². The van der Waals surface area contributed by atoms with Crippen molar-refractivity contribution in [2.24, 2.45) is 0 Å². The van der Waals surface area contributed by atoms with Gasteiger partial charge in [-0.15, -0.1) is 0 Å². The summed E-state index contributed by atoms with van der Waals surface area (Å²) >= 11 is 0. The lowest BCUT2D eigenvalue weighted by Crippen LogP contribution is -2.31. The zero-order valence-electron chi connectivity index (χ0n) is 14.9. The highest BCUT2D eigenvalue weighted by Gasteiger charge is 2.33. The molecule has 0 fully saturated rings. The Bertz CT molecular complexity index is 841. The van der Waals surface area contributed by atoms with Crippen LogP contribution in [0.2, 0.25) is 0 Å². The third kappa shape index (κ3) is 2.65. The molecule has 1 heterocycles. The maximum absolute atomic E-state index is 12.8. The summed E-state index contributed by atoms with van der Waals surface area (Å²) in [6, 6.07) is 5.54. The van der Waals surface area contributed by atoms with E-state index in [1.54, 1.807) is 19.9 Å². The number of carbonyl (C=O) groups is 1. The molecular formula is C20H24O4. The normalized spacial score (nSPS) is 17.3. The molecule has 0 bridgehead atoms. The fourth-order valence-electron chi connectivity index (χ4n) is 3.34. The summed E-state index contributed by atoms with van der Waals surface area (Å²) in [4.78, 5) is 12.8. The van der Waals surface area contributed by atoms with E-state index in [-0.39, 0.29) is 11.5 Å². The number of Topliss-reactive ketones (excluding diaryl/α,β-unsaturated/α-hetero) is 1. The van der Waals surface area contributed by atoms with Crippen molar-refractivity contribution < 1.29 is 19.7 Å². The number of ketones is 1. The van der Waals surface area contributed by atoms with Crippen molar-refractivity contribution in [2.45, 2.75) is 58.7 Å². The number of carbonyl (C=O) groups excluding carboxylic acids is 1. The van der Waals surface area contributed by atoms with Crippen molar-refractivity contribution >= 4 is 16.6 Å². The minimum Gasteiger partial charge on any atom is -0.504 e. The predicted molar refractivity (Wildman–Crippen MR) is 93.9 cm³/mol. The largest absolute Gasteiger partial charge is 0.504 e. The number of hydrogen-bond acceptors (Lipinski definition) is 4. The molecule has 1 aliphatic heterocycles. The number of ether oxygens (including phenoxy) is 1. The van der Waals surface area contributed by atoms with Gasteiger partial charge in [-0.1, -0.05) is 12.1 Å². The lowest BCUT2D eigenvalue weighted by Gasteiger charge is -2.32. The maximum Gasteiger partial charge on any atom is 0.170 e. The Morgan fingerprint density at radius 1 is 1.25 bits per heavy atom. The van der Waals surface area contributed by atoms with Gasteiger partial charge in [-0.05, 0) is 58.1 Å². The molecule has 2 N–H and O–H groups in total. The zero-order valence-corrected chi connectivity index (χ0v) is 14.9. The molecule has 2 aromatic rings. The van der Waals surface area contributed by atoms with Crippen molar-refractivity contribution in [3.05, 3.63) is 34.9 Å². The Morgan fingerprint density at radius 2 is 1.92 bits per heavy atom. The second-order valence-corrected chi connectivity index (χ2v) is 7.80. The van der Waals surface area contributed by atoms with Crippen LogP contribution in [0.25, 0.3) is 10.8 Å². The van der Waals surface area contributed by atoms with E-state index in [0.29, 0.717) is 35.1 Å². The van der Waals surface area contributed by atoms with E-state index in [4.69, 9.17) is 4.74 Å². The van der Waals surface area contributed by atoms with E-state index in [9.17, 15) is 15.0 Å². The van der Waals surface area contributed by atoms with Crippen LogP contribution in [0.5, 0.6) is 11.5 Å². The van der Waals surface area contributed by atoms with E-state index in [1.807, 2.05) is 32.9 Å². The summed E-state index contributed by atoms with van der Waals surface area (Å²) in [6.45, 7) is 8.94. The highest BCUT2D eigenvalue weighted by atomic mass is 16.5. The first-order valence-corrected chi connectivity index (χ1v) is 8.25. The third-order valence-electron chi connectivity index (χ3n) is 4.71. The molecule has 0 saturated heterocycles. The summed E-state index contributed by atoms with van der Waals surface area (Å²) in [5, 5.41) is 22.6. The molecule has 0 spiro atoms. The van der Waals surface area contributed by atoms with E-state index in [0.717, 1.165) is 10.9 Å². The number of aromatic hydroxyl groups is 1. The van der Waals surface area contributed by atoms with Crippen LogP contribution in [0.4, 0.5) is 0 Å². The Labute approximate surface area is 142 Å². The zero-order chi connectivity index (χ0) is 17.9. The second kappa shape index (κ2) is 5.21. The first-order chi connectivity index (χ1) is 11.0. The first-order valence-electron chi connectivity index (χ1n) is 8.25. The molecule has 4 heteroatoms. The van der Waals surface area contributed by atoms with Crippen LogP contribution in [0, 0.1) is 6.92 Å². The molecule has 0 aliphatic carbocycles. The van der Waals surface area contributed by atoms with Gasteiger partial charge >= 0.3 is 0 Å². The summed E-state index contributed by atoms with van der Waals surface area (Å²) in [6.07, 6.45) is 0.966. The average Bonchev–Trinajstić information content (AvgIpc) is 2.45. The average molecular weight is 328 g/mol. The number of aliphatic hydroxyl groups is 1. The molecule has 0 amide bonds. The highest BCUT2D eigenvalue weighted by molar-refractivity contribution is 6.12. The quantitative estimate of drug-likeness (QED) is 0.823. The molecule has 1 aliphatic rings. The molecule has 3 rings (SSSR count). The first kappa shape index (κ1) is 16.8. The van der Waals surface area contributed by atoms with Crippen LogP contribution in [0.1, 0.15) is 62.0 Å². The van der Waals surface area contributed by atoms with Crippen molar-refractivity contribution in [1.29, 1.82) is 0 Å². The van der Waals surface area contributed by atoms with Crippen molar-refractivity contribution in [3.8, 4) is 11.5 Å². The van der Waals surface area contributed by atoms with E-state index in [1.165, 1.54) is 0 Å². The van der Waals surface area contributed by atoms with Gasteiger partial charge in [0.05, 0.1) is 5.60 Å². The summed E-state index contributed by atoms with van der Waals surface area (Å²) < 4.78 is 6.15. The second-order valence-electron chi connectivity index (χ2n) is 7.80. The lowest BCUT2D eigenvalue weighted by atomic mass is 9.86. The lowest BCUT2D eigenvalue weighted by molar-refractivity contribution is 0.0689. The number of phenols is 1. The van der Waals surface area contributed by atoms with Crippen LogP contribution < -0.4 is 4.74 Å². The van der Waals surface area contributed by atoms with Gasteiger partial charge in [-0.25, -0.2) is 0 Å². The summed E-state index contributed by atoms with van der Waals surface area (Å²) in [5.41, 5.74) is 0.0612. The van der Waals surface area contributed by atoms with E-state index >= 15 is 0 Å². The summed E-state index contributed by atoms with van der Waals surface area (Å²) in [7, 11) is 0. The number of aryl methyl sites for hydroxylation is 1. The van der Waals surface area contributed by atoms with Gasteiger partial charge in [0.15, 0.2) is 17.3 Å². The number of rotatable bonds is 1. The van der Waals surface area contributed by atoms with Crippen molar-refractivity contribution in [1.82, 2.24) is 0 Å². The molecule has 4 nitrogen and oxygen atoms in total. The predicted octanol–water partition coefficient (Wildman–Crippen LogP) is 4.22. The van der Waals surface area contributed by atoms with Gasteiger partial charge < -0.3 is 14.9 Å². The Hall–Kier alpha value is -2.07. The molecule has 0 radical (unpaired) electrons. The Balaban J connectivity index is 2.49. The van der Waals surface area contributed by atoms with Gasteiger partial charge in [-0.2, -0.15) is 0 Å². The smallest absolute Gasteiger partial charge is 0.170 e. The molecule has 0 saturated carbocycles. The fraction of sp³-hybridized carbons (Fsp3) is 0.450. The van der Waals surface area contributed by atoms with Crippen LogP contribution >= 0.6 is 0 Å². The topological polar surface area (TPSA) is 66.8 Å². The molecule has 24 heavy (non-hydrogen) atoms. The standard InChI is InChI=1S/C20H24O4/c1-11-6-7-12-10-13(20(4,5)23)17(22)18-16(12)15(11)14(21)8-9-19(2,3)24-18/h6-7,10,22-23H,8-9H2,1-5H3. The Morgan fingerprint density at radius 3 is 2.54 bits per heavy atom. The molecular weight excluding hydrogens is 304 g/mol. The monoisotopic (exact) mass is 328 g/mol. The molecule has 0 atom stereocenters. The van der Waals surface area contributed by atoms with Gasteiger partial charge in [-0.3, -0.25) is 4.79 Å². The Kier molecular flexibility index (Phi) is 3.64. The van der Waals surface area contributed by atoms with Gasteiger partial charge in [0.1, 0.15) is 5.60 Å². The number of phenolic OH excluding ortho intramolecular Hbond substituents is 1. The third-order valence-corrected chi connectivity index (χ3v) is 4.71. The SMILES string of the molecule is Cc1ccc2cc(C(C)(C)O)c(O)c3c2c1C(=O)CCC(C)(C)O3. The van der Waals surface area contributed by atoms with Crippen LogP contribution in [0.3, 0.4) is 0 Å². The fourth-order valence-corrected chi connectivity index (χ4v) is 3.34. The maximum atomic E-state index is 12.8. The minimum atomic E-state index is -1.22. The molecule has 0 unspecified atom stereocenters. The number of hydrogen-bond donors (Lipinski definition) is 2. The van der Waals surface area contributed by atoms with Gasteiger partial charge in [0, 0.05) is 22.9 Å². The molecule has 128 valence electrons.